The molecule has 2 rings (SSSR count). The molecule has 5 nitrogen and oxygen atoms in total. The summed E-state index contributed by atoms with van der Waals surface area (Å²) in [7, 11) is -3.15. The molecular formula is C20H26ClN3O2S. The molecule has 0 saturated carbocycles. The van der Waals surface area contributed by atoms with Gasteiger partial charge in [0.1, 0.15) is 0 Å². The van der Waals surface area contributed by atoms with Gasteiger partial charge in [-0.05, 0) is 55.2 Å². The molecule has 0 aliphatic rings. The van der Waals surface area contributed by atoms with Crippen LogP contribution in [0.5, 0.6) is 0 Å². The molecule has 0 aromatic heterocycles. The van der Waals surface area contributed by atoms with Crippen molar-refractivity contribution in [1.82, 2.24) is 10.6 Å². The van der Waals surface area contributed by atoms with Crippen LogP contribution in [0.15, 0.2) is 58.4 Å². The van der Waals surface area contributed by atoms with Crippen molar-refractivity contribution in [3.63, 3.8) is 0 Å². The van der Waals surface area contributed by atoms with Crippen LogP contribution in [0.4, 0.5) is 0 Å². The van der Waals surface area contributed by atoms with Crippen LogP contribution < -0.4 is 10.6 Å². The first-order chi connectivity index (χ1) is 12.9. The summed E-state index contributed by atoms with van der Waals surface area (Å²) in [6, 6.07) is 14.8. The molecule has 146 valence electrons. The third-order valence-corrected chi connectivity index (χ3v) is 5.37. The number of nitrogens with one attached hydrogen (secondary N) is 2. The number of aliphatic imine (C=N–C) groups is 1. The van der Waals surface area contributed by atoms with Crippen molar-refractivity contribution in [3.8, 4) is 0 Å². The highest BCUT2D eigenvalue weighted by Crippen LogP contribution is 2.11. The molecular weight excluding hydrogens is 382 g/mol. The summed E-state index contributed by atoms with van der Waals surface area (Å²) in [5.41, 5.74) is 2.27. The molecule has 27 heavy (non-hydrogen) atoms. The molecule has 2 aromatic rings. The van der Waals surface area contributed by atoms with Gasteiger partial charge < -0.3 is 10.6 Å². The molecule has 0 unspecified atom stereocenters. The normalized spacial score (nSPS) is 12.0. The summed E-state index contributed by atoms with van der Waals surface area (Å²) in [6.45, 7) is 4.21. The van der Waals surface area contributed by atoms with E-state index in [1.54, 1.807) is 12.1 Å². The Morgan fingerprint density at radius 3 is 2.15 bits per heavy atom. The second kappa shape index (κ2) is 10.3. The molecule has 0 fully saturated rings. The second-order valence-corrected chi connectivity index (χ2v) is 8.68. The van der Waals surface area contributed by atoms with Gasteiger partial charge in [-0.25, -0.2) is 8.42 Å². The van der Waals surface area contributed by atoms with Crippen LogP contribution in [-0.4, -0.2) is 40.3 Å². The fourth-order valence-corrected chi connectivity index (χ4v) is 3.27. The van der Waals surface area contributed by atoms with Gasteiger partial charge in [-0.3, -0.25) is 4.99 Å². The summed E-state index contributed by atoms with van der Waals surface area (Å²) >= 11 is 5.90. The smallest absolute Gasteiger partial charge is 0.191 e. The Balaban J connectivity index is 1.84. The van der Waals surface area contributed by atoms with Gasteiger partial charge in [0.05, 0.1) is 4.90 Å². The van der Waals surface area contributed by atoms with Crippen molar-refractivity contribution < 1.29 is 8.42 Å². The van der Waals surface area contributed by atoms with Gasteiger partial charge in [0.25, 0.3) is 0 Å². The maximum atomic E-state index is 11.5. The van der Waals surface area contributed by atoms with Crippen LogP contribution in [0, 0.1) is 0 Å². The van der Waals surface area contributed by atoms with E-state index in [0.29, 0.717) is 11.4 Å². The fraction of sp³-hybridized carbons (Fsp3) is 0.350. The minimum absolute atomic E-state index is 0.340. The van der Waals surface area contributed by atoms with Gasteiger partial charge in [0.2, 0.25) is 0 Å². The molecule has 0 aliphatic carbocycles. The maximum absolute atomic E-state index is 11.5. The Kier molecular flexibility index (Phi) is 8.13. The van der Waals surface area contributed by atoms with E-state index in [-0.39, 0.29) is 0 Å². The summed E-state index contributed by atoms with van der Waals surface area (Å²) < 4.78 is 23.0. The van der Waals surface area contributed by atoms with Crippen molar-refractivity contribution in [2.24, 2.45) is 4.99 Å². The van der Waals surface area contributed by atoms with Crippen LogP contribution >= 0.6 is 11.6 Å². The van der Waals surface area contributed by atoms with Crippen LogP contribution in [0.3, 0.4) is 0 Å². The largest absolute Gasteiger partial charge is 0.357 e. The quantitative estimate of drug-likeness (QED) is 0.521. The van der Waals surface area contributed by atoms with Gasteiger partial charge in [0.15, 0.2) is 15.8 Å². The summed E-state index contributed by atoms with van der Waals surface area (Å²) in [4.78, 5) is 4.92. The molecule has 2 aromatic carbocycles. The molecule has 2 N–H and O–H groups in total. The SMILES string of the molecule is CCNC(=NCCc1ccc(S(C)(=O)=O)cc1)NCCc1ccc(Cl)cc1. The number of nitrogens with zero attached hydrogens (tertiary/aromatic N) is 1. The van der Waals surface area contributed by atoms with Gasteiger partial charge in [-0.1, -0.05) is 35.9 Å². The lowest BCUT2D eigenvalue weighted by Gasteiger charge is -2.11. The van der Waals surface area contributed by atoms with Crippen molar-refractivity contribution in [1.29, 1.82) is 0 Å². The molecule has 0 bridgehead atoms. The van der Waals surface area contributed by atoms with E-state index in [2.05, 4.69) is 15.6 Å². The van der Waals surface area contributed by atoms with E-state index >= 15 is 0 Å². The predicted octanol–water partition coefficient (Wildman–Crippen LogP) is 3.08. The number of benzene rings is 2. The molecule has 0 saturated heterocycles. The third-order valence-electron chi connectivity index (χ3n) is 3.99. The summed E-state index contributed by atoms with van der Waals surface area (Å²) in [5.74, 6) is 0.777. The van der Waals surface area contributed by atoms with E-state index in [1.165, 1.54) is 11.8 Å². The number of halogens is 1. The van der Waals surface area contributed by atoms with Gasteiger partial charge in [0, 0.05) is 30.9 Å². The number of hydrogen-bond acceptors (Lipinski definition) is 3. The molecule has 0 aliphatic heterocycles. The average molecular weight is 408 g/mol. The lowest BCUT2D eigenvalue weighted by Crippen LogP contribution is -2.38. The standard InChI is InChI=1S/C20H26ClN3O2S/c1-3-22-20(23-14-12-16-4-8-18(21)9-5-16)24-15-13-17-6-10-19(11-7-17)27(2,25)26/h4-11H,3,12-15H2,1-2H3,(H2,22,23,24). The number of guanidine groups is 1. The maximum Gasteiger partial charge on any atom is 0.191 e. The minimum atomic E-state index is -3.15. The van der Waals surface area contributed by atoms with E-state index in [4.69, 9.17) is 11.6 Å². The fourth-order valence-electron chi connectivity index (χ4n) is 2.52. The first kappa shape index (κ1) is 21.3. The monoisotopic (exact) mass is 407 g/mol. The van der Waals surface area contributed by atoms with Crippen LogP contribution in [0.25, 0.3) is 0 Å². The Morgan fingerprint density at radius 1 is 0.963 bits per heavy atom. The Bertz CT molecular complexity index is 848. The number of sulfone groups is 1. The summed E-state index contributed by atoms with van der Waals surface area (Å²) in [5, 5.41) is 7.30. The molecule has 7 heteroatoms. The molecule has 0 radical (unpaired) electrons. The molecule has 0 atom stereocenters. The minimum Gasteiger partial charge on any atom is -0.357 e. The number of hydrogen-bond donors (Lipinski definition) is 2. The zero-order chi connectivity index (χ0) is 19.7. The highest BCUT2D eigenvalue weighted by atomic mass is 35.5. The van der Waals surface area contributed by atoms with Crippen LogP contribution in [0.1, 0.15) is 18.1 Å². The Morgan fingerprint density at radius 2 is 1.56 bits per heavy atom. The van der Waals surface area contributed by atoms with Crippen molar-refractivity contribution in [2.45, 2.75) is 24.7 Å². The Hall–Kier alpha value is -2.05. The van der Waals surface area contributed by atoms with Crippen molar-refractivity contribution in [2.75, 3.05) is 25.9 Å². The molecule has 0 amide bonds. The van der Waals surface area contributed by atoms with Crippen molar-refractivity contribution >= 4 is 27.4 Å². The van der Waals surface area contributed by atoms with E-state index in [0.717, 1.165) is 42.5 Å². The first-order valence-corrected chi connectivity index (χ1v) is 11.2. The van der Waals surface area contributed by atoms with E-state index in [9.17, 15) is 8.42 Å². The zero-order valence-electron chi connectivity index (χ0n) is 15.7. The first-order valence-electron chi connectivity index (χ1n) is 8.94. The highest BCUT2D eigenvalue weighted by molar-refractivity contribution is 7.90. The van der Waals surface area contributed by atoms with Crippen molar-refractivity contribution in [3.05, 3.63) is 64.7 Å². The third kappa shape index (κ3) is 7.61. The van der Waals surface area contributed by atoms with Gasteiger partial charge in [-0.15, -0.1) is 0 Å². The van der Waals surface area contributed by atoms with Crippen LogP contribution in [0.2, 0.25) is 5.02 Å². The Labute approximate surface area is 166 Å². The second-order valence-electron chi connectivity index (χ2n) is 6.23. The zero-order valence-corrected chi connectivity index (χ0v) is 17.3. The lowest BCUT2D eigenvalue weighted by molar-refractivity contribution is 0.602. The topological polar surface area (TPSA) is 70.6 Å². The van der Waals surface area contributed by atoms with Crippen LogP contribution in [-0.2, 0) is 22.7 Å². The van der Waals surface area contributed by atoms with Gasteiger partial charge in [-0.2, -0.15) is 0 Å². The predicted molar refractivity (Wildman–Crippen MR) is 112 cm³/mol. The summed E-state index contributed by atoms with van der Waals surface area (Å²) in [6.07, 6.45) is 2.84. The average Bonchev–Trinajstić information content (AvgIpc) is 2.63. The number of rotatable bonds is 8. The highest BCUT2D eigenvalue weighted by Gasteiger charge is 2.06. The van der Waals surface area contributed by atoms with Gasteiger partial charge >= 0.3 is 0 Å². The van der Waals surface area contributed by atoms with E-state index in [1.807, 2.05) is 43.3 Å². The molecule has 0 spiro atoms. The lowest BCUT2D eigenvalue weighted by atomic mass is 10.1. The van der Waals surface area contributed by atoms with E-state index < -0.39 is 9.84 Å². The molecule has 0 heterocycles.